The van der Waals surface area contributed by atoms with E-state index in [1.54, 1.807) is 0 Å². The molecular formula is C20H34O2. The quantitative estimate of drug-likeness (QED) is 0.652. The van der Waals surface area contributed by atoms with Crippen molar-refractivity contribution in [2.75, 3.05) is 0 Å². The molecule has 3 fully saturated rings. The third kappa shape index (κ3) is 2.24. The number of carbonyl (C=O) groups excluding carboxylic acids is 1. The maximum Gasteiger partial charge on any atom is 0.312 e. The minimum absolute atomic E-state index is 0.0393. The molecule has 2 nitrogen and oxygen atoms in total. The monoisotopic (exact) mass is 306 g/mol. The number of hydrogen-bond acceptors (Lipinski definition) is 2. The Morgan fingerprint density at radius 2 is 1.95 bits per heavy atom. The van der Waals surface area contributed by atoms with Crippen molar-refractivity contribution in [3.05, 3.63) is 0 Å². The highest BCUT2D eigenvalue weighted by atomic mass is 16.6. The largest absolute Gasteiger partial charge is 0.458 e. The molecule has 0 radical (unpaired) electrons. The Morgan fingerprint density at radius 3 is 2.59 bits per heavy atom. The summed E-state index contributed by atoms with van der Waals surface area (Å²) in [4.78, 5) is 12.8. The van der Waals surface area contributed by atoms with Crippen LogP contribution in [0, 0.1) is 35.0 Å². The van der Waals surface area contributed by atoms with Crippen molar-refractivity contribution in [2.45, 2.75) is 85.2 Å². The smallest absolute Gasteiger partial charge is 0.312 e. The van der Waals surface area contributed by atoms with Crippen LogP contribution in [0.15, 0.2) is 0 Å². The van der Waals surface area contributed by atoms with Crippen LogP contribution in [-0.2, 0) is 9.53 Å². The zero-order valence-corrected chi connectivity index (χ0v) is 15.2. The molecule has 2 heteroatoms. The summed E-state index contributed by atoms with van der Waals surface area (Å²) in [6, 6.07) is 0. The van der Waals surface area contributed by atoms with Gasteiger partial charge >= 0.3 is 5.97 Å². The molecule has 3 saturated carbocycles. The lowest BCUT2D eigenvalue weighted by Gasteiger charge is -2.47. The first-order chi connectivity index (χ1) is 10.4. The van der Waals surface area contributed by atoms with Crippen molar-refractivity contribution >= 4 is 5.97 Å². The lowest BCUT2D eigenvalue weighted by atomic mass is 9.67. The number of hydrogen-bond donors (Lipinski definition) is 0. The van der Waals surface area contributed by atoms with E-state index in [1.165, 1.54) is 25.7 Å². The van der Waals surface area contributed by atoms with Crippen LogP contribution in [0.3, 0.4) is 0 Å². The number of rotatable bonds is 5. The molecule has 0 spiro atoms. The maximum absolute atomic E-state index is 12.8. The van der Waals surface area contributed by atoms with Gasteiger partial charge in [-0.15, -0.1) is 0 Å². The average molecular weight is 306 g/mol. The highest BCUT2D eigenvalue weighted by molar-refractivity contribution is 5.76. The van der Waals surface area contributed by atoms with Crippen LogP contribution in [-0.4, -0.2) is 11.6 Å². The molecule has 126 valence electrons. The van der Waals surface area contributed by atoms with Gasteiger partial charge in [0.15, 0.2) is 0 Å². The molecule has 3 aliphatic carbocycles. The predicted molar refractivity (Wildman–Crippen MR) is 89.4 cm³/mol. The summed E-state index contributed by atoms with van der Waals surface area (Å²) in [5.74, 6) is 3.77. The van der Waals surface area contributed by atoms with E-state index in [-0.39, 0.29) is 17.0 Å². The van der Waals surface area contributed by atoms with Gasteiger partial charge in [0.2, 0.25) is 0 Å². The molecular weight excluding hydrogens is 272 g/mol. The lowest BCUT2D eigenvalue weighted by molar-refractivity contribution is -0.189. The zero-order valence-electron chi connectivity index (χ0n) is 15.2. The third-order valence-electron chi connectivity index (χ3n) is 7.68. The summed E-state index contributed by atoms with van der Waals surface area (Å²) in [5, 5.41) is 0. The number of fused-ring (bicyclic) bond motifs is 5. The van der Waals surface area contributed by atoms with Gasteiger partial charge in [0.1, 0.15) is 5.60 Å². The molecule has 2 bridgehead atoms. The molecule has 0 aromatic heterocycles. The fourth-order valence-corrected chi connectivity index (χ4v) is 5.72. The topological polar surface area (TPSA) is 26.3 Å². The summed E-state index contributed by atoms with van der Waals surface area (Å²) in [7, 11) is 0. The molecule has 0 aromatic rings. The maximum atomic E-state index is 12.8. The van der Waals surface area contributed by atoms with E-state index < -0.39 is 0 Å². The lowest BCUT2D eigenvalue weighted by Crippen LogP contribution is -2.51. The van der Waals surface area contributed by atoms with Gasteiger partial charge in [0.05, 0.1) is 5.41 Å². The van der Waals surface area contributed by atoms with Crippen LogP contribution < -0.4 is 0 Å². The van der Waals surface area contributed by atoms with Gasteiger partial charge < -0.3 is 4.74 Å². The van der Waals surface area contributed by atoms with Crippen molar-refractivity contribution in [2.24, 2.45) is 35.0 Å². The third-order valence-corrected chi connectivity index (χ3v) is 7.68. The van der Waals surface area contributed by atoms with Gasteiger partial charge in [-0.3, -0.25) is 4.79 Å². The molecule has 22 heavy (non-hydrogen) atoms. The Bertz CT molecular complexity index is 441. The van der Waals surface area contributed by atoms with Crippen molar-refractivity contribution in [1.82, 2.24) is 0 Å². The van der Waals surface area contributed by atoms with Gasteiger partial charge in [0.25, 0.3) is 0 Å². The predicted octanol–water partition coefficient (Wildman–Crippen LogP) is 5.21. The molecule has 0 N–H and O–H groups in total. The number of esters is 1. The first-order valence-corrected chi connectivity index (χ1v) is 9.59. The standard InChI is InChI=1S/C20H34O2/c1-6-13(3)20(22-18(21)19(4,5)7-2)12-14-11-17(20)16-10-8-9-15(14)16/h13-17H,6-12H2,1-5H3. The Balaban J connectivity index is 1.87. The van der Waals surface area contributed by atoms with Crippen molar-refractivity contribution < 1.29 is 9.53 Å². The molecule has 3 rings (SSSR count). The summed E-state index contributed by atoms with van der Waals surface area (Å²) >= 11 is 0. The van der Waals surface area contributed by atoms with Gasteiger partial charge in [-0.1, -0.05) is 27.2 Å². The van der Waals surface area contributed by atoms with Gasteiger partial charge in [-0.2, -0.15) is 0 Å². The van der Waals surface area contributed by atoms with E-state index in [0.29, 0.717) is 11.8 Å². The van der Waals surface area contributed by atoms with E-state index in [4.69, 9.17) is 4.74 Å². The highest BCUT2D eigenvalue weighted by Crippen LogP contribution is 2.65. The fraction of sp³-hybridized carbons (Fsp3) is 0.950. The Kier molecular flexibility index (Phi) is 4.10. The summed E-state index contributed by atoms with van der Waals surface area (Å²) in [5.41, 5.74) is -0.508. The Hall–Kier alpha value is -0.530. The summed E-state index contributed by atoms with van der Waals surface area (Å²) in [6.07, 6.45) is 8.62. The van der Waals surface area contributed by atoms with Gasteiger partial charge in [0, 0.05) is 5.92 Å². The normalized spacial score (nSPS) is 41.5. The molecule has 0 amide bonds. The van der Waals surface area contributed by atoms with Crippen molar-refractivity contribution in [3.8, 4) is 0 Å². The second-order valence-electron chi connectivity index (χ2n) is 8.96. The van der Waals surface area contributed by atoms with E-state index in [0.717, 1.165) is 37.0 Å². The molecule has 0 aliphatic heterocycles. The Morgan fingerprint density at radius 1 is 1.27 bits per heavy atom. The second kappa shape index (κ2) is 5.53. The first kappa shape index (κ1) is 16.3. The molecule has 0 heterocycles. The van der Waals surface area contributed by atoms with E-state index >= 15 is 0 Å². The minimum Gasteiger partial charge on any atom is -0.458 e. The molecule has 0 saturated heterocycles. The fourth-order valence-electron chi connectivity index (χ4n) is 5.72. The zero-order chi connectivity index (χ0) is 16.1. The van der Waals surface area contributed by atoms with Crippen LogP contribution in [0.1, 0.15) is 79.6 Å². The summed E-state index contributed by atoms with van der Waals surface area (Å²) in [6.45, 7) is 10.7. The highest BCUT2D eigenvalue weighted by Gasteiger charge is 2.64. The molecule has 3 aliphatic rings. The van der Waals surface area contributed by atoms with Crippen molar-refractivity contribution in [3.63, 3.8) is 0 Å². The minimum atomic E-state index is -0.350. The molecule has 0 aromatic carbocycles. The number of carbonyl (C=O) groups is 1. The van der Waals surface area contributed by atoms with E-state index in [2.05, 4.69) is 20.8 Å². The van der Waals surface area contributed by atoms with E-state index in [9.17, 15) is 4.79 Å². The SMILES string of the molecule is CCC(C)C1(OC(=O)C(C)(C)CC)CC2CC1C1CCCC21. The summed E-state index contributed by atoms with van der Waals surface area (Å²) < 4.78 is 6.41. The van der Waals surface area contributed by atoms with Crippen LogP contribution in [0.2, 0.25) is 0 Å². The van der Waals surface area contributed by atoms with Crippen LogP contribution in [0.4, 0.5) is 0 Å². The van der Waals surface area contributed by atoms with Gasteiger partial charge in [-0.25, -0.2) is 0 Å². The van der Waals surface area contributed by atoms with E-state index in [1.807, 2.05) is 13.8 Å². The van der Waals surface area contributed by atoms with Crippen LogP contribution in [0.5, 0.6) is 0 Å². The average Bonchev–Trinajstić information content (AvgIpc) is 3.17. The first-order valence-electron chi connectivity index (χ1n) is 9.59. The number of ether oxygens (including phenoxy) is 1. The second-order valence-corrected chi connectivity index (χ2v) is 8.96. The molecule has 6 unspecified atom stereocenters. The van der Waals surface area contributed by atoms with Crippen LogP contribution >= 0.6 is 0 Å². The van der Waals surface area contributed by atoms with Crippen molar-refractivity contribution in [1.29, 1.82) is 0 Å². The van der Waals surface area contributed by atoms with Crippen LogP contribution in [0.25, 0.3) is 0 Å². The van der Waals surface area contributed by atoms with Gasteiger partial charge in [-0.05, 0) is 76.0 Å². The molecule has 6 atom stereocenters. The Labute approximate surface area is 136 Å².